The van der Waals surface area contributed by atoms with Crippen molar-refractivity contribution in [3.05, 3.63) is 75.6 Å². The Hall–Kier alpha value is -0.990. The van der Waals surface area contributed by atoms with Gasteiger partial charge in [-0.15, -0.1) is 11.8 Å². The van der Waals surface area contributed by atoms with Crippen molar-refractivity contribution in [2.45, 2.75) is 5.75 Å². The van der Waals surface area contributed by atoms with Crippen LogP contribution >= 0.6 is 27.7 Å². The van der Waals surface area contributed by atoms with Gasteiger partial charge in [-0.25, -0.2) is 0 Å². The Labute approximate surface area is 115 Å². The highest BCUT2D eigenvalue weighted by Crippen LogP contribution is 2.16. The maximum atomic E-state index is 3.43. The molecule has 0 radical (unpaired) electrons. The summed E-state index contributed by atoms with van der Waals surface area (Å²) < 4.78 is 1.12. The molecular weight excluding hydrogens is 292 g/mol. The van der Waals surface area contributed by atoms with Gasteiger partial charge >= 0.3 is 0 Å². The van der Waals surface area contributed by atoms with Gasteiger partial charge < -0.3 is 0 Å². The van der Waals surface area contributed by atoms with Gasteiger partial charge in [0, 0.05) is 10.2 Å². The number of benzene rings is 2. The molecule has 0 nitrogen and oxygen atoms in total. The fourth-order valence-corrected chi connectivity index (χ4v) is 2.42. The van der Waals surface area contributed by atoms with Crippen molar-refractivity contribution in [2.75, 3.05) is 0 Å². The molecule has 0 aliphatic rings. The predicted octanol–water partition coefficient (Wildman–Crippen LogP) is 5.35. The smallest absolute Gasteiger partial charge is 0.0226 e. The topological polar surface area (TPSA) is 0 Å². The van der Waals surface area contributed by atoms with E-state index in [1.807, 2.05) is 17.8 Å². The van der Waals surface area contributed by atoms with E-state index in [1.54, 1.807) is 0 Å². The van der Waals surface area contributed by atoms with Gasteiger partial charge in [-0.05, 0) is 34.7 Å². The molecule has 0 spiro atoms. The Kier molecular flexibility index (Phi) is 4.89. The SMILES string of the molecule is Brc1ccc(C=CSCc2ccccc2)cc1. The summed E-state index contributed by atoms with van der Waals surface area (Å²) in [6.07, 6.45) is 2.14. The third kappa shape index (κ3) is 4.41. The summed E-state index contributed by atoms with van der Waals surface area (Å²) in [5.41, 5.74) is 2.59. The van der Waals surface area contributed by atoms with Gasteiger partial charge in [0.05, 0.1) is 0 Å². The molecule has 0 N–H and O–H groups in total. The zero-order chi connectivity index (χ0) is 11.9. The van der Waals surface area contributed by atoms with Crippen molar-refractivity contribution >= 4 is 33.8 Å². The third-order valence-electron chi connectivity index (χ3n) is 2.32. The maximum Gasteiger partial charge on any atom is 0.0226 e. The molecule has 0 bridgehead atoms. The van der Waals surface area contributed by atoms with Crippen molar-refractivity contribution in [3.8, 4) is 0 Å². The molecule has 17 heavy (non-hydrogen) atoms. The molecule has 0 aliphatic carbocycles. The normalized spacial score (nSPS) is 10.9. The second-order valence-electron chi connectivity index (χ2n) is 3.65. The lowest BCUT2D eigenvalue weighted by Gasteiger charge is -1.97. The van der Waals surface area contributed by atoms with Crippen LogP contribution in [0.5, 0.6) is 0 Å². The van der Waals surface area contributed by atoms with E-state index in [2.05, 4.69) is 75.9 Å². The molecule has 0 atom stereocenters. The molecule has 0 saturated heterocycles. The second kappa shape index (κ2) is 6.67. The lowest BCUT2D eigenvalue weighted by atomic mass is 10.2. The van der Waals surface area contributed by atoms with Crippen molar-refractivity contribution in [1.82, 2.24) is 0 Å². The number of hydrogen-bond donors (Lipinski definition) is 0. The van der Waals surface area contributed by atoms with Gasteiger partial charge in [-0.1, -0.05) is 58.4 Å². The molecule has 2 aromatic carbocycles. The molecule has 2 rings (SSSR count). The zero-order valence-electron chi connectivity index (χ0n) is 9.34. The summed E-state index contributed by atoms with van der Waals surface area (Å²) in [5.74, 6) is 1.02. The van der Waals surface area contributed by atoms with Crippen LogP contribution < -0.4 is 0 Å². The first-order valence-corrected chi connectivity index (χ1v) is 7.26. The van der Waals surface area contributed by atoms with Crippen LogP contribution in [-0.4, -0.2) is 0 Å². The van der Waals surface area contributed by atoms with Crippen LogP contribution in [-0.2, 0) is 5.75 Å². The minimum atomic E-state index is 1.02. The van der Waals surface area contributed by atoms with E-state index in [4.69, 9.17) is 0 Å². The Bertz CT molecular complexity index is 474. The standard InChI is InChI=1S/C15H13BrS/c16-15-8-6-13(7-9-15)10-11-17-12-14-4-2-1-3-5-14/h1-11H,12H2. The molecule has 2 heteroatoms. The Morgan fingerprint density at radius 1 is 0.941 bits per heavy atom. The van der Waals surface area contributed by atoms with Gasteiger partial charge in [0.1, 0.15) is 0 Å². The molecule has 0 fully saturated rings. The molecule has 0 aromatic heterocycles. The van der Waals surface area contributed by atoms with Crippen LogP contribution in [0.3, 0.4) is 0 Å². The summed E-state index contributed by atoms with van der Waals surface area (Å²) in [5, 5.41) is 2.15. The summed E-state index contributed by atoms with van der Waals surface area (Å²) in [6.45, 7) is 0. The average Bonchev–Trinajstić information content (AvgIpc) is 2.38. The highest BCUT2D eigenvalue weighted by atomic mass is 79.9. The average molecular weight is 305 g/mol. The molecule has 0 amide bonds. The summed E-state index contributed by atoms with van der Waals surface area (Å²) in [6, 6.07) is 18.8. The highest BCUT2D eigenvalue weighted by Gasteiger charge is 1.90. The monoisotopic (exact) mass is 304 g/mol. The van der Waals surface area contributed by atoms with Crippen molar-refractivity contribution in [2.24, 2.45) is 0 Å². The lowest BCUT2D eigenvalue weighted by Crippen LogP contribution is -1.75. The van der Waals surface area contributed by atoms with Crippen LogP contribution in [0.4, 0.5) is 0 Å². The first-order chi connectivity index (χ1) is 8.34. The van der Waals surface area contributed by atoms with Crippen LogP contribution in [0, 0.1) is 0 Å². The minimum absolute atomic E-state index is 1.02. The van der Waals surface area contributed by atoms with E-state index in [-0.39, 0.29) is 0 Å². The molecule has 0 heterocycles. The molecule has 0 unspecified atom stereocenters. The van der Waals surface area contributed by atoms with Gasteiger partial charge in [-0.3, -0.25) is 0 Å². The fraction of sp³-hybridized carbons (Fsp3) is 0.0667. The maximum absolute atomic E-state index is 3.43. The minimum Gasteiger partial charge on any atom is -0.129 e. The highest BCUT2D eigenvalue weighted by molar-refractivity contribution is 9.10. The van der Waals surface area contributed by atoms with E-state index < -0.39 is 0 Å². The van der Waals surface area contributed by atoms with E-state index in [0.717, 1.165) is 10.2 Å². The zero-order valence-corrected chi connectivity index (χ0v) is 11.7. The van der Waals surface area contributed by atoms with Gasteiger partial charge in [0.2, 0.25) is 0 Å². The summed E-state index contributed by atoms with van der Waals surface area (Å²) >= 11 is 5.24. The van der Waals surface area contributed by atoms with E-state index in [0.29, 0.717) is 0 Å². The quantitative estimate of drug-likeness (QED) is 0.733. The molecule has 0 saturated carbocycles. The number of rotatable bonds is 4. The van der Waals surface area contributed by atoms with E-state index in [9.17, 15) is 0 Å². The van der Waals surface area contributed by atoms with Crippen molar-refractivity contribution in [1.29, 1.82) is 0 Å². The Morgan fingerprint density at radius 2 is 1.65 bits per heavy atom. The number of thioether (sulfide) groups is 1. The first kappa shape index (κ1) is 12.5. The third-order valence-corrected chi connectivity index (χ3v) is 3.68. The largest absolute Gasteiger partial charge is 0.129 e. The Morgan fingerprint density at radius 3 is 2.35 bits per heavy atom. The lowest BCUT2D eigenvalue weighted by molar-refractivity contribution is 1.42. The number of halogens is 1. The van der Waals surface area contributed by atoms with Gasteiger partial charge in [0.15, 0.2) is 0 Å². The molecular formula is C15H13BrS. The van der Waals surface area contributed by atoms with Crippen molar-refractivity contribution in [3.63, 3.8) is 0 Å². The Balaban J connectivity index is 1.84. The van der Waals surface area contributed by atoms with Crippen LogP contribution in [0.2, 0.25) is 0 Å². The van der Waals surface area contributed by atoms with Crippen LogP contribution in [0.25, 0.3) is 6.08 Å². The molecule has 86 valence electrons. The van der Waals surface area contributed by atoms with E-state index >= 15 is 0 Å². The summed E-state index contributed by atoms with van der Waals surface area (Å²) in [4.78, 5) is 0. The van der Waals surface area contributed by atoms with Crippen LogP contribution in [0.1, 0.15) is 11.1 Å². The van der Waals surface area contributed by atoms with Gasteiger partial charge in [-0.2, -0.15) is 0 Å². The predicted molar refractivity (Wildman–Crippen MR) is 80.9 cm³/mol. The van der Waals surface area contributed by atoms with Gasteiger partial charge in [0.25, 0.3) is 0 Å². The molecule has 2 aromatic rings. The van der Waals surface area contributed by atoms with Crippen molar-refractivity contribution < 1.29 is 0 Å². The first-order valence-electron chi connectivity index (χ1n) is 5.42. The molecule has 0 aliphatic heterocycles. The fourth-order valence-electron chi connectivity index (χ4n) is 1.42. The number of hydrogen-bond acceptors (Lipinski definition) is 1. The second-order valence-corrected chi connectivity index (χ2v) is 5.46. The summed E-state index contributed by atoms with van der Waals surface area (Å²) in [7, 11) is 0. The van der Waals surface area contributed by atoms with Crippen LogP contribution in [0.15, 0.2) is 64.5 Å². The van der Waals surface area contributed by atoms with E-state index in [1.165, 1.54) is 11.1 Å².